The van der Waals surface area contributed by atoms with Gasteiger partial charge in [0.25, 0.3) is 0 Å². The van der Waals surface area contributed by atoms with Crippen molar-refractivity contribution < 1.29 is 9.15 Å². The minimum atomic E-state index is 0.565. The van der Waals surface area contributed by atoms with Crippen LogP contribution in [0.5, 0.6) is 11.5 Å². The van der Waals surface area contributed by atoms with Crippen LogP contribution in [-0.2, 0) is 0 Å². The van der Waals surface area contributed by atoms with Crippen LogP contribution in [0.25, 0.3) is 89.1 Å². The molecule has 2 aromatic heterocycles. The van der Waals surface area contributed by atoms with Gasteiger partial charge in [-0.1, -0.05) is 121 Å². The molecule has 224 valence electrons. The summed E-state index contributed by atoms with van der Waals surface area (Å²) >= 11 is 0. The lowest BCUT2D eigenvalue weighted by atomic mass is 9.93. The quantitative estimate of drug-likeness (QED) is 0.197. The average Bonchev–Trinajstić information content (AvgIpc) is 3.54. The Balaban J connectivity index is 1.06. The van der Waals surface area contributed by atoms with Crippen molar-refractivity contribution in [2.45, 2.75) is 0 Å². The zero-order valence-corrected chi connectivity index (χ0v) is 25.6. The summed E-state index contributed by atoms with van der Waals surface area (Å²) in [6.45, 7) is 0. The van der Waals surface area contributed by atoms with Gasteiger partial charge in [-0.05, 0) is 52.4 Å². The topological polar surface area (TPSA) is 61.0 Å². The van der Waals surface area contributed by atoms with Crippen LogP contribution in [0.3, 0.4) is 0 Å². The van der Waals surface area contributed by atoms with Crippen molar-refractivity contribution in [3.63, 3.8) is 0 Å². The molecule has 0 radical (unpaired) electrons. The Hall–Kier alpha value is -6.59. The largest absolute Gasteiger partial charge is 0.456 e. The first kappa shape index (κ1) is 26.6. The molecule has 0 atom stereocenters. The first-order valence-corrected chi connectivity index (χ1v) is 15.9. The molecule has 7 aromatic carbocycles. The number of furan rings is 1. The molecule has 0 saturated heterocycles. The molecular formula is C43H25N3O2. The van der Waals surface area contributed by atoms with E-state index in [1.54, 1.807) is 0 Å². The molecule has 5 heteroatoms. The second-order valence-corrected chi connectivity index (χ2v) is 12.0. The minimum absolute atomic E-state index is 0.565. The predicted molar refractivity (Wildman–Crippen MR) is 192 cm³/mol. The van der Waals surface area contributed by atoms with Gasteiger partial charge in [0.1, 0.15) is 22.7 Å². The normalized spacial score (nSPS) is 11.9. The number of hydrogen-bond donors (Lipinski definition) is 0. The monoisotopic (exact) mass is 615 g/mol. The summed E-state index contributed by atoms with van der Waals surface area (Å²) in [6.07, 6.45) is 0. The van der Waals surface area contributed by atoms with E-state index in [9.17, 15) is 0 Å². The van der Waals surface area contributed by atoms with Gasteiger partial charge in [-0.2, -0.15) is 0 Å². The maximum atomic E-state index is 6.43. The number of rotatable bonds is 4. The minimum Gasteiger partial charge on any atom is -0.456 e. The number of fused-ring (bicyclic) bond motifs is 5. The van der Waals surface area contributed by atoms with Crippen molar-refractivity contribution in [1.82, 2.24) is 15.0 Å². The highest BCUT2D eigenvalue weighted by molar-refractivity contribution is 6.09. The highest BCUT2D eigenvalue weighted by atomic mass is 16.5. The van der Waals surface area contributed by atoms with Gasteiger partial charge in [0.2, 0.25) is 0 Å². The zero-order valence-electron chi connectivity index (χ0n) is 25.6. The van der Waals surface area contributed by atoms with Crippen LogP contribution >= 0.6 is 0 Å². The van der Waals surface area contributed by atoms with Gasteiger partial charge in [0, 0.05) is 32.8 Å². The summed E-state index contributed by atoms with van der Waals surface area (Å²) in [5, 5.41) is 4.44. The number of nitrogens with zero attached hydrogens (tertiary/aromatic N) is 3. The van der Waals surface area contributed by atoms with Gasteiger partial charge in [-0.25, -0.2) is 15.0 Å². The van der Waals surface area contributed by atoms with E-state index in [-0.39, 0.29) is 0 Å². The summed E-state index contributed by atoms with van der Waals surface area (Å²) in [4.78, 5) is 14.9. The average molecular weight is 616 g/mol. The molecule has 0 spiro atoms. The number of para-hydroxylation sites is 2. The Kier molecular flexibility index (Phi) is 5.81. The Bertz CT molecular complexity index is 2690. The molecule has 3 heterocycles. The molecule has 1 aliphatic rings. The predicted octanol–water partition coefficient (Wildman–Crippen LogP) is 11.4. The van der Waals surface area contributed by atoms with Gasteiger partial charge in [-0.3, -0.25) is 0 Å². The van der Waals surface area contributed by atoms with Crippen molar-refractivity contribution in [3.8, 4) is 67.9 Å². The van der Waals surface area contributed by atoms with Crippen LogP contribution in [0.15, 0.2) is 156 Å². The Morgan fingerprint density at radius 3 is 1.90 bits per heavy atom. The van der Waals surface area contributed by atoms with E-state index >= 15 is 0 Å². The molecule has 0 unspecified atom stereocenters. The summed E-state index contributed by atoms with van der Waals surface area (Å²) < 4.78 is 12.8. The number of ether oxygens (including phenoxy) is 1. The van der Waals surface area contributed by atoms with Crippen LogP contribution in [0.4, 0.5) is 0 Å². The Morgan fingerprint density at radius 1 is 0.396 bits per heavy atom. The zero-order chi connectivity index (χ0) is 31.6. The molecule has 0 N–H and O–H groups in total. The maximum absolute atomic E-state index is 6.43. The second-order valence-electron chi connectivity index (χ2n) is 12.0. The summed E-state index contributed by atoms with van der Waals surface area (Å²) in [5.41, 5.74) is 8.69. The Morgan fingerprint density at radius 2 is 1.04 bits per heavy atom. The van der Waals surface area contributed by atoms with Crippen molar-refractivity contribution in [3.05, 3.63) is 152 Å². The fourth-order valence-corrected chi connectivity index (χ4v) is 6.82. The lowest BCUT2D eigenvalue weighted by Crippen LogP contribution is -2.00. The van der Waals surface area contributed by atoms with Crippen LogP contribution in [0, 0.1) is 0 Å². The molecule has 0 amide bonds. The molecule has 0 saturated carbocycles. The van der Waals surface area contributed by atoms with Gasteiger partial charge in [0.05, 0.1) is 5.56 Å². The van der Waals surface area contributed by atoms with Crippen LogP contribution in [0.2, 0.25) is 0 Å². The molecule has 0 fully saturated rings. The van der Waals surface area contributed by atoms with E-state index in [0.717, 1.165) is 72.2 Å². The van der Waals surface area contributed by atoms with Crippen molar-refractivity contribution in [2.24, 2.45) is 0 Å². The van der Waals surface area contributed by atoms with E-state index in [2.05, 4.69) is 78.9 Å². The smallest absolute Gasteiger partial charge is 0.167 e. The lowest BCUT2D eigenvalue weighted by Gasteiger charge is -2.22. The summed E-state index contributed by atoms with van der Waals surface area (Å²) in [5.74, 6) is 3.51. The van der Waals surface area contributed by atoms with Gasteiger partial charge in [-0.15, -0.1) is 0 Å². The molecule has 10 rings (SSSR count). The highest BCUT2D eigenvalue weighted by Crippen LogP contribution is 2.47. The fraction of sp³-hybridized carbons (Fsp3) is 0. The third kappa shape index (κ3) is 4.22. The van der Waals surface area contributed by atoms with E-state index in [1.807, 2.05) is 72.8 Å². The van der Waals surface area contributed by atoms with Crippen LogP contribution < -0.4 is 4.74 Å². The third-order valence-electron chi connectivity index (χ3n) is 9.15. The van der Waals surface area contributed by atoms with Gasteiger partial charge in [0.15, 0.2) is 17.5 Å². The standard InChI is InChI=1S/C43H25N3O2/c1-2-9-28(10-3-1)41-44-42(46-43(45-41)35-16-8-15-34-31-13-4-5-17-36(31)48-40(34)35)29-21-19-26(20-22-29)30-23-24-32-33-14-6-11-27-12-7-18-37(39(27)33)47-38(32)25-30/h1-25H. The van der Waals surface area contributed by atoms with E-state index < -0.39 is 0 Å². The third-order valence-corrected chi connectivity index (χ3v) is 9.15. The molecule has 0 aliphatic carbocycles. The van der Waals surface area contributed by atoms with E-state index in [1.165, 1.54) is 10.9 Å². The molecule has 1 aliphatic heterocycles. The first-order valence-electron chi connectivity index (χ1n) is 15.9. The number of benzene rings is 7. The van der Waals surface area contributed by atoms with Gasteiger partial charge >= 0.3 is 0 Å². The number of hydrogen-bond acceptors (Lipinski definition) is 5. The van der Waals surface area contributed by atoms with Crippen LogP contribution in [0.1, 0.15) is 0 Å². The maximum Gasteiger partial charge on any atom is 0.167 e. The van der Waals surface area contributed by atoms with Crippen molar-refractivity contribution >= 4 is 32.7 Å². The molecular weight excluding hydrogens is 590 g/mol. The molecule has 0 bridgehead atoms. The van der Waals surface area contributed by atoms with E-state index in [4.69, 9.17) is 24.1 Å². The Labute approximate surface area is 275 Å². The first-order chi connectivity index (χ1) is 23.8. The molecule has 5 nitrogen and oxygen atoms in total. The SMILES string of the molecule is c1ccc(-c2nc(-c3ccc(-c4ccc5c(c4)Oc4cccc6cccc-5c46)cc3)nc(-c3cccc4c3oc3ccccc34)n2)cc1. The van der Waals surface area contributed by atoms with Crippen molar-refractivity contribution in [1.29, 1.82) is 0 Å². The van der Waals surface area contributed by atoms with Crippen molar-refractivity contribution in [2.75, 3.05) is 0 Å². The lowest BCUT2D eigenvalue weighted by molar-refractivity contribution is 0.487. The molecule has 9 aromatic rings. The summed E-state index contributed by atoms with van der Waals surface area (Å²) in [6, 6.07) is 51.6. The van der Waals surface area contributed by atoms with E-state index in [0.29, 0.717) is 17.5 Å². The highest BCUT2D eigenvalue weighted by Gasteiger charge is 2.21. The van der Waals surface area contributed by atoms with Crippen LogP contribution in [-0.4, -0.2) is 15.0 Å². The second kappa shape index (κ2) is 10.5. The summed E-state index contributed by atoms with van der Waals surface area (Å²) in [7, 11) is 0. The van der Waals surface area contributed by atoms with Gasteiger partial charge < -0.3 is 9.15 Å². The number of aromatic nitrogens is 3. The fourth-order valence-electron chi connectivity index (χ4n) is 6.82. The molecule has 48 heavy (non-hydrogen) atoms.